The Hall–Kier alpha value is -2.62. The van der Waals surface area contributed by atoms with Gasteiger partial charge in [0, 0.05) is 16.9 Å². The summed E-state index contributed by atoms with van der Waals surface area (Å²) in [5.74, 6) is 0.806. The predicted molar refractivity (Wildman–Crippen MR) is 86.8 cm³/mol. The van der Waals surface area contributed by atoms with E-state index in [9.17, 15) is 10.1 Å². The summed E-state index contributed by atoms with van der Waals surface area (Å²) in [5, 5.41) is 10.7. The normalized spacial score (nSPS) is 15.5. The predicted octanol–water partition coefficient (Wildman–Crippen LogP) is 3.68. The van der Waals surface area contributed by atoms with E-state index >= 15 is 0 Å². The maximum absolute atomic E-state index is 10.7. The van der Waals surface area contributed by atoms with Gasteiger partial charge in [0.25, 0.3) is 6.04 Å². The van der Waals surface area contributed by atoms with Crippen molar-refractivity contribution < 1.29 is 9.66 Å². The Balaban J connectivity index is 0.000000246. The van der Waals surface area contributed by atoms with Gasteiger partial charge in [-0.3, -0.25) is 10.1 Å². The molecule has 0 aliphatic carbocycles. The van der Waals surface area contributed by atoms with E-state index in [1.54, 1.807) is 6.08 Å². The molecule has 1 aliphatic heterocycles. The number of ether oxygens (including phenoxy) is 1. The highest BCUT2D eigenvalue weighted by Gasteiger charge is 2.29. The van der Waals surface area contributed by atoms with Gasteiger partial charge in [-0.05, 0) is 12.0 Å². The number of nitrogens with zero attached hydrogens (tertiary/aromatic N) is 1. The number of nitro groups is 1. The Morgan fingerprint density at radius 1 is 1.18 bits per heavy atom. The monoisotopic (exact) mass is 297 g/mol. The molecule has 4 nitrogen and oxygen atoms in total. The molecule has 2 aromatic carbocycles. The van der Waals surface area contributed by atoms with E-state index < -0.39 is 6.04 Å². The minimum atomic E-state index is -0.619. The van der Waals surface area contributed by atoms with Crippen molar-refractivity contribution in [3.05, 3.63) is 88.5 Å². The largest absolute Gasteiger partial charge is 0.486 e. The molecule has 0 saturated carbocycles. The highest BCUT2D eigenvalue weighted by Crippen LogP contribution is 2.30. The second-order valence-electron chi connectivity index (χ2n) is 5.01. The van der Waals surface area contributed by atoms with Crippen molar-refractivity contribution in [1.29, 1.82) is 0 Å². The van der Waals surface area contributed by atoms with Gasteiger partial charge >= 0.3 is 0 Å². The van der Waals surface area contributed by atoms with E-state index in [1.165, 1.54) is 0 Å². The molecule has 1 unspecified atom stereocenters. The molecule has 0 N–H and O–H groups in total. The van der Waals surface area contributed by atoms with E-state index in [1.807, 2.05) is 54.6 Å². The van der Waals surface area contributed by atoms with Crippen molar-refractivity contribution in [2.45, 2.75) is 18.9 Å². The van der Waals surface area contributed by atoms with E-state index in [0.717, 1.165) is 23.3 Å². The molecule has 0 bridgehead atoms. The molecule has 0 amide bonds. The second-order valence-corrected chi connectivity index (χ2v) is 5.01. The molecule has 114 valence electrons. The summed E-state index contributed by atoms with van der Waals surface area (Å²) in [6, 6.07) is 17.1. The molecule has 1 heterocycles. The lowest BCUT2D eigenvalue weighted by molar-refractivity contribution is -0.525. The van der Waals surface area contributed by atoms with Crippen LogP contribution in [-0.4, -0.2) is 17.6 Å². The molecule has 1 aliphatic rings. The van der Waals surface area contributed by atoms with Gasteiger partial charge in [-0.25, -0.2) is 0 Å². The second kappa shape index (κ2) is 7.98. The van der Waals surface area contributed by atoms with Crippen LogP contribution in [-0.2, 0) is 12.8 Å². The number of para-hydroxylation sites is 1. The molecule has 3 rings (SSSR count). The Morgan fingerprint density at radius 3 is 2.36 bits per heavy atom. The quantitative estimate of drug-likeness (QED) is 0.493. The lowest BCUT2D eigenvalue weighted by Gasteiger charge is -2.22. The lowest BCUT2D eigenvalue weighted by atomic mass is 9.98. The molecule has 0 saturated heterocycles. The number of rotatable bonds is 3. The van der Waals surface area contributed by atoms with Crippen LogP contribution in [0.5, 0.6) is 5.75 Å². The maximum Gasteiger partial charge on any atom is 0.250 e. The summed E-state index contributed by atoms with van der Waals surface area (Å²) in [6.07, 6.45) is 2.98. The van der Waals surface area contributed by atoms with Crippen LogP contribution in [0.25, 0.3) is 0 Å². The van der Waals surface area contributed by atoms with Crippen molar-refractivity contribution in [3.63, 3.8) is 0 Å². The molecule has 2 aromatic rings. The fraction of sp³-hybridized carbons (Fsp3) is 0.222. The van der Waals surface area contributed by atoms with Crippen LogP contribution in [0, 0.1) is 10.1 Å². The third kappa shape index (κ3) is 4.19. The highest BCUT2D eigenvalue weighted by molar-refractivity contribution is 5.44. The van der Waals surface area contributed by atoms with Gasteiger partial charge in [-0.2, -0.15) is 0 Å². The number of fused-ring (bicyclic) bond motifs is 1. The molecule has 0 aromatic heterocycles. The fourth-order valence-corrected chi connectivity index (χ4v) is 2.31. The van der Waals surface area contributed by atoms with Gasteiger partial charge in [0.2, 0.25) is 0 Å². The van der Waals surface area contributed by atoms with Crippen molar-refractivity contribution >= 4 is 0 Å². The summed E-state index contributed by atoms with van der Waals surface area (Å²) in [5.41, 5.74) is 1.97. The molecule has 0 fully saturated rings. The Morgan fingerprint density at radius 2 is 1.82 bits per heavy atom. The van der Waals surface area contributed by atoms with Crippen LogP contribution in [0.15, 0.2) is 67.3 Å². The molecule has 1 atom stereocenters. The van der Waals surface area contributed by atoms with Crippen molar-refractivity contribution in [1.82, 2.24) is 0 Å². The molecular formula is C18H19NO3. The van der Waals surface area contributed by atoms with Crippen LogP contribution in [0.3, 0.4) is 0 Å². The first kappa shape index (κ1) is 15.8. The van der Waals surface area contributed by atoms with Crippen LogP contribution in [0.1, 0.15) is 11.1 Å². The first-order chi connectivity index (χ1) is 10.7. The van der Waals surface area contributed by atoms with E-state index in [0.29, 0.717) is 6.42 Å². The third-order valence-corrected chi connectivity index (χ3v) is 3.38. The summed E-state index contributed by atoms with van der Waals surface area (Å²) in [7, 11) is 0. The molecule has 0 spiro atoms. The van der Waals surface area contributed by atoms with Crippen LogP contribution < -0.4 is 4.74 Å². The fourth-order valence-electron chi connectivity index (χ4n) is 2.31. The standard InChI is InChI=1S/C12H13NO3.C6H6/c1-2-4-9-5-3-6-10-7-11(13(14)15)8-16-12(9)10;1-2-4-6-5-3-1/h2-3,5-6,11H,1,4,7-8H2;1-6H. The van der Waals surface area contributed by atoms with Crippen LogP contribution in [0.4, 0.5) is 0 Å². The molecule has 0 radical (unpaired) electrons. The zero-order chi connectivity index (χ0) is 15.8. The topological polar surface area (TPSA) is 52.4 Å². The number of hydrogen-bond donors (Lipinski definition) is 0. The summed E-state index contributed by atoms with van der Waals surface area (Å²) in [6.45, 7) is 3.85. The minimum absolute atomic E-state index is 0.161. The highest BCUT2D eigenvalue weighted by atomic mass is 16.6. The first-order valence-electron chi connectivity index (χ1n) is 7.20. The minimum Gasteiger partial charge on any atom is -0.486 e. The Kier molecular flexibility index (Phi) is 5.72. The Labute approximate surface area is 130 Å². The first-order valence-corrected chi connectivity index (χ1v) is 7.20. The van der Waals surface area contributed by atoms with Crippen LogP contribution >= 0.6 is 0 Å². The van der Waals surface area contributed by atoms with Gasteiger partial charge in [0.05, 0.1) is 0 Å². The van der Waals surface area contributed by atoms with E-state index in [4.69, 9.17) is 4.74 Å². The number of allylic oxidation sites excluding steroid dienone is 1. The molecular weight excluding hydrogens is 278 g/mol. The smallest absolute Gasteiger partial charge is 0.250 e. The lowest BCUT2D eigenvalue weighted by Crippen LogP contribution is -2.33. The van der Waals surface area contributed by atoms with E-state index in [2.05, 4.69) is 6.58 Å². The zero-order valence-electron chi connectivity index (χ0n) is 12.4. The average Bonchev–Trinajstić information content (AvgIpc) is 2.57. The maximum atomic E-state index is 10.7. The van der Waals surface area contributed by atoms with Gasteiger partial charge < -0.3 is 4.74 Å². The van der Waals surface area contributed by atoms with Gasteiger partial charge in [-0.15, -0.1) is 6.58 Å². The summed E-state index contributed by atoms with van der Waals surface area (Å²) in [4.78, 5) is 10.4. The number of hydrogen-bond acceptors (Lipinski definition) is 3. The number of benzene rings is 2. The average molecular weight is 297 g/mol. The van der Waals surface area contributed by atoms with Gasteiger partial charge in [0.1, 0.15) is 5.75 Å². The van der Waals surface area contributed by atoms with Crippen molar-refractivity contribution in [3.8, 4) is 5.75 Å². The van der Waals surface area contributed by atoms with E-state index in [-0.39, 0.29) is 11.5 Å². The van der Waals surface area contributed by atoms with Gasteiger partial charge in [0.15, 0.2) is 6.61 Å². The summed E-state index contributed by atoms with van der Waals surface area (Å²) >= 11 is 0. The van der Waals surface area contributed by atoms with Crippen molar-refractivity contribution in [2.24, 2.45) is 0 Å². The van der Waals surface area contributed by atoms with Gasteiger partial charge in [-0.1, -0.05) is 60.7 Å². The molecule has 4 heteroatoms. The summed E-state index contributed by atoms with van der Waals surface area (Å²) < 4.78 is 5.49. The third-order valence-electron chi connectivity index (χ3n) is 3.38. The SMILES string of the molecule is C=CCc1cccc2c1OCC([N+](=O)[O-])C2.c1ccccc1. The zero-order valence-corrected chi connectivity index (χ0v) is 12.4. The Bertz CT molecular complexity index is 599. The molecule has 22 heavy (non-hydrogen) atoms. The van der Waals surface area contributed by atoms with Crippen LogP contribution in [0.2, 0.25) is 0 Å². The van der Waals surface area contributed by atoms with Crippen molar-refractivity contribution in [2.75, 3.05) is 6.61 Å².